The lowest BCUT2D eigenvalue weighted by molar-refractivity contribution is 0.0938. The predicted octanol–water partition coefficient (Wildman–Crippen LogP) is 3.62. The summed E-state index contributed by atoms with van der Waals surface area (Å²) >= 11 is 0. The molecule has 4 rings (SSSR count). The fraction of sp³-hybridized carbons (Fsp3) is 0.273. The van der Waals surface area contributed by atoms with E-state index in [2.05, 4.69) is 16.8 Å². The molecule has 1 N–H and O–H groups in total. The maximum atomic E-state index is 12.9. The summed E-state index contributed by atoms with van der Waals surface area (Å²) in [6.07, 6.45) is 2.59. The molecule has 5 nitrogen and oxygen atoms in total. The van der Waals surface area contributed by atoms with Crippen LogP contribution in [0.15, 0.2) is 53.5 Å². The van der Waals surface area contributed by atoms with Gasteiger partial charge in [-0.3, -0.25) is 9.59 Å². The summed E-state index contributed by atoms with van der Waals surface area (Å²) in [6, 6.07) is 13.3. The van der Waals surface area contributed by atoms with Crippen LogP contribution in [-0.4, -0.2) is 17.6 Å². The number of benzene rings is 2. The molecule has 1 aliphatic heterocycles. The van der Waals surface area contributed by atoms with Gasteiger partial charge in [-0.2, -0.15) is 0 Å². The second kappa shape index (κ2) is 6.58. The molecule has 0 aliphatic carbocycles. The second-order valence-electron chi connectivity index (χ2n) is 7.11. The van der Waals surface area contributed by atoms with E-state index in [-0.39, 0.29) is 29.0 Å². The van der Waals surface area contributed by atoms with Gasteiger partial charge in [0.2, 0.25) is 5.43 Å². The lowest BCUT2D eigenvalue weighted by atomic mass is 10.1. The Balaban J connectivity index is 1.67. The third-order valence-electron chi connectivity index (χ3n) is 5.33. The number of hydrogen-bond donors (Lipinski definition) is 1. The van der Waals surface area contributed by atoms with Crippen molar-refractivity contribution in [2.75, 3.05) is 7.11 Å². The summed E-state index contributed by atoms with van der Waals surface area (Å²) in [5, 5.41) is 3.56. The molecule has 1 aliphatic rings. The Labute approximate surface area is 157 Å². The number of amides is 1. The molecular formula is C22H22N2O3. The van der Waals surface area contributed by atoms with Gasteiger partial charge < -0.3 is 14.6 Å². The van der Waals surface area contributed by atoms with Crippen LogP contribution in [0.1, 0.15) is 47.4 Å². The van der Waals surface area contributed by atoms with Crippen molar-refractivity contribution in [3.8, 4) is 5.75 Å². The van der Waals surface area contributed by atoms with Gasteiger partial charge >= 0.3 is 0 Å². The number of para-hydroxylation sites is 1. The highest BCUT2D eigenvalue weighted by Crippen LogP contribution is 2.31. The Morgan fingerprint density at radius 3 is 2.67 bits per heavy atom. The van der Waals surface area contributed by atoms with Gasteiger partial charge in [0.25, 0.3) is 5.91 Å². The molecule has 0 saturated carbocycles. The molecule has 0 fully saturated rings. The second-order valence-corrected chi connectivity index (χ2v) is 7.11. The average Bonchev–Trinajstić information content (AvgIpc) is 3.00. The first-order valence-corrected chi connectivity index (χ1v) is 9.11. The molecule has 3 aromatic rings. The summed E-state index contributed by atoms with van der Waals surface area (Å²) in [6.45, 7) is 4.00. The Hall–Kier alpha value is -3.08. The van der Waals surface area contributed by atoms with Crippen molar-refractivity contribution in [1.82, 2.24) is 9.88 Å². The maximum absolute atomic E-state index is 12.9. The fourth-order valence-corrected chi connectivity index (χ4v) is 3.83. The van der Waals surface area contributed by atoms with E-state index in [1.54, 1.807) is 19.4 Å². The molecule has 0 unspecified atom stereocenters. The smallest absolute Gasteiger partial charge is 0.257 e. The Morgan fingerprint density at radius 2 is 1.96 bits per heavy atom. The molecule has 2 aromatic carbocycles. The summed E-state index contributed by atoms with van der Waals surface area (Å²) in [4.78, 5) is 25.8. The Kier molecular flexibility index (Phi) is 4.22. The number of methoxy groups -OCH3 is 1. The van der Waals surface area contributed by atoms with E-state index in [1.165, 1.54) is 0 Å². The molecule has 0 radical (unpaired) electrons. The Bertz CT molecular complexity index is 1080. The van der Waals surface area contributed by atoms with Crippen LogP contribution in [0.2, 0.25) is 0 Å². The molecule has 1 amide bonds. The molecule has 0 saturated heterocycles. The third-order valence-corrected chi connectivity index (χ3v) is 5.33. The predicted molar refractivity (Wildman–Crippen MR) is 105 cm³/mol. The van der Waals surface area contributed by atoms with Crippen LogP contribution < -0.4 is 15.5 Å². The van der Waals surface area contributed by atoms with Crippen LogP contribution in [-0.2, 0) is 6.42 Å². The van der Waals surface area contributed by atoms with Gasteiger partial charge in [0.05, 0.1) is 18.7 Å². The largest absolute Gasteiger partial charge is 0.497 e. The van der Waals surface area contributed by atoms with Gasteiger partial charge in [-0.15, -0.1) is 0 Å². The highest BCUT2D eigenvalue weighted by molar-refractivity contribution is 5.98. The molecule has 5 heteroatoms. The minimum atomic E-state index is -0.349. The van der Waals surface area contributed by atoms with Crippen LogP contribution in [0.25, 0.3) is 10.9 Å². The summed E-state index contributed by atoms with van der Waals surface area (Å²) < 4.78 is 7.22. The van der Waals surface area contributed by atoms with Crippen molar-refractivity contribution in [2.24, 2.45) is 0 Å². The highest BCUT2D eigenvalue weighted by atomic mass is 16.5. The van der Waals surface area contributed by atoms with Gasteiger partial charge in [-0.25, -0.2) is 0 Å². The number of aromatic nitrogens is 1. The number of nitrogens with one attached hydrogen (secondary N) is 1. The van der Waals surface area contributed by atoms with E-state index in [4.69, 9.17) is 4.74 Å². The Morgan fingerprint density at radius 1 is 1.22 bits per heavy atom. The number of nitrogens with zero attached hydrogens (tertiary/aromatic N) is 1. The number of pyridine rings is 1. The van der Waals surface area contributed by atoms with Gasteiger partial charge in [0, 0.05) is 17.6 Å². The summed E-state index contributed by atoms with van der Waals surface area (Å²) in [5.74, 6) is 0.413. The average molecular weight is 362 g/mol. The molecule has 0 spiro atoms. The fourth-order valence-electron chi connectivity index (χ4n) is 3.83. The van der Waals surface area contributed by atoms with Crippen molar-refractivity contribution < 1.29 is 9.53 Å². The topological polar surface area (TPSA) is 60.3 Å². The zero-order valence-corrected chi connectivity index (χ0v) is 15.7. The van der Waals surface area contributed by atoms with Gasteiger partial charge in [0.15, 0.2) is 0 Å². The molecule has 27 heavy (non-hydrogen) atoms. The lowest BCUT2D eigenvalue weighted by Gasteiger charge is -2.16. The van der Waals surface area contributed by atoms with E-state index in [0.717, 1.165) is 28.8 Å². The summed E-state index contributed by atoms with van der Waals surface area (Å²) in [5.41, 5.74) is 3.04. The number of hydrogen-bond acceptors (Lipinski definition) is 3. The highest BCUT2D eigenvalue weighted by Gasteiger charge is 2.24. The monoisotopic (exact) mass is 362 g/mol. The normalized spacial score (nSPS) is 16.3. The van der Waals surface area contributed by atoms with E-state index < -0.39 is 0 Å². The zero-order valence-electron chi connectivity index (χ0n) is 15.7. The first kappa shape index (κ1) is 17.3. The van der Waals surface area contributed by atoms with E-state index in [0.29, 0.717) is 5.39 Å². The molecular weight excluding hydrogens is 340 g/mol. The maximum Gasteiger partial charge on any atom is 0.257 e. The van der Waals surface area contributed by atoms with Crippen LogP contribution in [0, 0.1) is 0 Å². The molecule has 138 valence electrons. The minimum absolute atomic E-state index is 0.189. The first-order valence-electron chi connectivity index (χ1n) is 9.11. The molecule has 0 bridgehead atoms. The first-order chi connectivity index (χ1) is 13.0. The quantitative estimate of drug-likeness (QED) is 0.771. The molecule has 2 heterocycles. The van der Waals surface area contributed by atoms with Gasteiger partial charge in [-0.1, -0.05) is 24.3 Å². The number of rotatable bonds is 4. The van der Waals surface area contributed by atoms with Crippen LogP contribution >= 0.6 is 0 Å². The summed E-state index contributed by atoms with van der Waals surface area (Å²) in [7, 11) is 1.62. The standard InChI is InChI=1S/C22H22N2O3/c1-13-11-16-5-4-6-18-20(16)24(13)12-19(21(18)25)22(26)23-14(2)15-7-9-17(27-3)10-8-15/h4-10,12-14H,11H2,1-3H3,(H,23,26)/t13-,14+/m1/s1. The lowest BCUT2D eigenvalue weighted by Crippen LogP contribution is -2.31. The zero-order chi connectivity index (χ0) is 19.1. The number of carbonyl (C=O) groups is 1. The van der Waals surface area contributed by atoms with Gasteiger partial charge in [-0.05, 0) is 49.6 Å². The number of carbonyl (C=O) groups excluding carboxylic acids is 1. The van der Waals surface area contributed by atoms with Crippen molar-refractivity contribution in [3.05, 3.63) is 75.6 Å². The van der Waals surface area contributed by atoms with Crippen molar-refractivity contribution in [1.29, 1.82) is 0 Å². The molecule has 2 atom stereocenters. The molecule has 1 aromatic heterocycles. The number of ether oxygens (including phenoxy) is 1. The van der Waals surface area contributed by atoms with Crippen LogP contribution in [0.3, 0.4) is 0 Å². The van der Waals surface area contributed by atoms with Gasteiger partial charge in [0.1, 0.15) is 11.3 Å². The van der Waals surface area contributed by atoms with E-state index in [9.17, 15) is 9.59 Å². The SMILES string of the molecule is COc1ccc([C@H](C)NC(=O)c2cn3c4c(cccc4c2=O)C[C@H]3C)cc1. The van der Waals surface area contributed by atoms with E-state index >= 15 is 0 Å². The third kappa shape index (κ3) is 2.89. The van der Waals surface area contributed by atoms with Crippen LogP contribution in [0.4, 0.5) is 0 Å². The van der Waals surface area contributed by atoms with Crippen molar-refractivity contribution in [3.63, 3.8) is 0 Å². The minimum Gasteiger partial charge on any atom is -0.497 e. The van der Waals surface area contributed by atoms with E-state index in [1.807, 2.05) is 43.3 Å². The van der Waals surface area contributed by atoms with Crippen molar-refractivity contribution >= 4 is 16.8 Å². The van der Waals surface area contributed by atoms with Crippen LogP contribution in [0.5, 0.6) is 5.75 Å². The van der Waals surface area contributed by atoms with Crippen molar-refractivity contribution in [2.45, 2.75) is 32.4 Å².